The number of benzene rings is 1. The van der Waals surface area contributed by atoms with E-state index in [1.165, 1.54) is 12.4 Å². The molecule has 0 aliphatic rings. The van der Waals surface area contributed by atoms with Gasteiger partial charge in [-0.25, -0.2) is 32.9 Å². The van der Waals surface area contributed by atoms with E-state index in [0.717, 1.165) is 6.07 Å². The highest BCUT2D eigenvalue weighted by molar-refractivity contribution is 5.99. The zero-order valence-corrected chi connectivity index (χ0v) is 12.8. The van der Waals surface area contributed by atoms with E-state index in [0.29, 0.717) is 17.8 Å². The third-order valence-corrected chi connectivity index (χ3v) is 3.22. The Bertz CT molecular complexity index is 926. The molecule has 0 unspecified atom stereocenters. The number of nitrogens with zero attached hydrogens (tertiary/aromatic N) is 4. The maximum atomic E-state index is 13.5. The Morgan fingerprint density at radius 2 is 1.76 bits per heavy atom. The standard InChI is InChI=1S/C15H11F3N6O/c1-8-19-4-5-24(8)14-20-6-9(7-21-14)22-15(25)23-11-3-2-10(16)12(17)13(11)18/h2-7H,1H3,(H2,22,23,25). The summed E-state index contributed by atoms with van der Waals surface area (Å²) in [6, 6.07) is 0.758. The normalized spacial score (nSPS) is 10.6. The first-order valence-corrected chi connectivity index (χ1v) is 6.99. The van der Waals surface area contributed by atoms with Crippen LogP contribution in [0.1, 0.15) is 5.82 Å². The summed E-state index contributed by atoms with van der Waals surface area (Å²) in [7, 11) is 0. The van der Waals surface area contributed by atoms with Crippen LogP contribution in [0.5, 0.6) is 0 Å². The van der Waals surface area contributed by atoms with E-state index < -0.39 is 29.2 Å². The second-order valence-corrected chi connectivity index (χ2v) is 4.92. The minimum absolute atomic E-state index is 0.224. The maximum Gasteiger partial charge on any atom is 0.323 e. The molecule has 0 atom stereocenters. The van der Waals surface area contributed by atoms with Crippen molar-refractivity contribution in [1.82, 2.24) is 19.5 Å². The summed E-state index contributed by atoms with van der Waals surface area (Å²) in [6.07, 6.45) is 5.94. The first kappa shape index (κ1) is 16.4. The van der Waals surface area contributed by atoms with E-state index in [1.54, 1.807) is 23.9 Å². The number of aryl methyl sites for hydroxylation is 1. The predicted octanol–water partition coefficient (Wildman–Crippen LogP) is 3.03. The van der Waals surface area contributed by atoms with Crippen molar-refractivity contribution in [3.63, 3.8) is 0 Å². The molecule has 3 rings (SSSR count). The van der Waals surface area contributed by atoms with E-state index >= 15 is 0 Å². The van der Waals surface area contributed by atoms with Crippen LogP contribution in [0.2, 0.25) is 0 Å². The van der Waals surface area contributed by atoms with Crippen LogP contribution in [0, 0.1) is 24.4 Å². The number of aromatic nitrogens is 4. The number of hydrogen-bond donors (Lipinski definition) is 2. The third-order valence-electron chi connectivity index (χ3n) is 3.22. The van der Waals surface area contributed by atoms with Crippen LogP contribution in [0.3, 0.4) is 0 Å². The molecule has 2 aromatic heterocycles. The van der Waals surface area contributed by atoms with Crippen molar-refractivity contribution < 1.29 is 18.0 Å². The molecule has 0 aliphatic heterocycles. The largest absolute Gasteiger partial charge is 0.323 e. The Kier molecular flexibility index (Phi) is 4.33. The zero-order chi connectivity index (χ0) is 18.0. The number of nitrogens with one attached hydrogen (secondary N) is 2. The van der Waals surface area contributed by atoms with Gasteiger partial charge in [-0.1, -0.05) is 0 Å². The molecule has 25 heavy (non-hydrogen) atoms. The highest BCUT2D eigenvalue weighted by Crippen LogP contribution is 2.19. The number of imidazole rings is 1. The summed E-state index contributed by atoms with van der Waals surface area (Å²) in [5.74, 6) is -3.46. The van der Waals surface area contributed by atoms with Gasteiger partial charge in [-0.15, -0.1) is 0 Å². The molecule has 0 fully saturated rings. The molecule has 0 saturated carbocycles. The van der Waals surface area contributed by atoms with Gasteiger partial charge in [-0.3, -0.25) is 4.57 Å². The zero-order valence-electron chi connectivity index (χ0n) is 12.8. The van der Waals surface area contributed by atoms with Crippen molar-refractivity contribution in [3.8, 4) is 5.95 Å². The highest BCUT2D eigenvalue weighted by Gasteiger charge is 2.15. The Labute approximate surface area is 139 Å². The van der Waals surface area contributed by atoms with Crippen molar-refractivity contribution in [2.75, 3.05) is 10.6 Å². The predicted molar refractivity (Wildman–Crippen MR) is 82.8 cm³/mol. The van der Waals surface area contributed by atoms with E-state index in [-0.39, 0.29) is 5.69 Å². The van der Waals surface area contributed by atoms with E-state index in [9.17, 15) is 18.0 Å². The minimum Gasteiger partial charge on any atom is -0.305 e. The van der Waals surface area contributed by atoms with Gasteiger partial charge in [0.05, 0.1) is 23.8 Å². The summed E-state index contributed by atoms with van der Waals surface area (Å²) in [4.78, 5) is 24.0. The first-order valence-electron chi connectivity index (χ1n) is 6.99. The van der Waals surface area contributed by atoms with E-state index in [2.05, 4.69) is 25.6 Å². The molecule has 10 heteroatoms. The fraction of sp³-hybridized carbons (Fsp3) is 0.0667. The average Bonchev–Trinajstić information content (AvgIpc) is 3.02. The molecule has 3 aromatic rings. The first-order chi connectivity index (χ1) is 12.0. The monoisotopic (exact) mass is 348 g/mol. The van der Waals surface area contributed by atoms with Crippen LogP contribution in [-0.2, 0) is 0 Å². The smallest absolute Gasteiger partial charge is 0.305 e. The lowest BCUT2D eigenvalue weighted by Gasteiger charge is -2.09. The Morgan fingerprint density at radius 1 is 1.04 bits per heavy atom. The number of anilines is 2. The van der Waals surface area contributed by atoms with Gasteiger partial charge in [0.25, 0.3) is 0 Å². The Morgan fingerprint density at radius 3 is 2.40 bits per heavy atom. The van der Waals surface area contributed by atoms with Crippen LogP contribution in [-0.4, -0.2) is 25.6 Å². The van der Waals surface area contributed by atoms with Crippen molar-refractivity contribution in [1.29, 1.82) is 0 Å². The van der Waals surface area contributed by atoms with Crippen LogP contribution < -0.4 is 10.6 Å². The fourth-order valence-corrected chi connectivity index (χ4v) is 2.01. The summed E-state index contributed by atoms with van der Waals surface area (Å²) >= 11 is 0. The van der Waals surface area contributed by atoms with Gasteiger partial charge in [-0.2, -0.15) is 0 Å². The number of rotatable bonds is 3. The number of carbonyl (C=O) groups is 1. The molecule has 7 nitrogen and oxygen atoms in total. The Balaban J connectivity index is 1.69. The van der Waals surface area contributed by atoms with Gasteiger partial charge in [0.2, 0.25) is 5.95 Å². The topological polar surface area (TPSA) is 84.7 Å². The van der Waals surface area contributed by atoms with Gasteiger partial charge in [0.15, 0.2) is 17.5 Å². The van der Waals surface area contributed by atoms with Gasteiger partial charge in [0.1, 0.15) is 5.82 Å². The number of hydrogen-bond acceptors (Lipinski definition) is 4. The molecule has 1 aromatic carbocycles. The number of carbonyl (C=O) groups excluding carboxylic acids is 1. The van der Waals surface area contributed by atoms with Crippen LogP contribution in [0.4, 0.5) is 29.3 Å². The SMILES string of the molecule is Cc1nccn1-c1ncc(NC(=O)Nc2ccc(F)c(F)c2F)cn1. The molecule has 0 spiro atoms. The Hall–Kier alpha value is -3.43. The summed E-state index contributed by atoms with van der Waals surface area (Å²) in [6.45, 7) is 1.78. The van der Waals surface area contributed by atoms with E-state index in [4.69, 9.17) is 0 Å². The van der Waals surface area contributed by atoms with Crippen molar-refractivity contribution in [2.24, 2.45) is 0 Å². The van der Waals surface area contributed by atoms with Gasteiger partial charge in [0, 0.05) is 12.4 Å². The molecular formula is C15H11F3N6O. The van der Waals surface area contributed by atoms with E-state index in [1.807, 2.05) is 0 Å². The van der Waals surface area contributed by atoms with Gasteiger partial charge in [-0.05, 0) is 19.1 Å². The fourth-order valence-electron chi connectivity index (χ4n) is 2.01. The molecule has 2 heterocycles. The number of halogens is 3. The summed E-state index contributed by atoms with van der Waals surface area (Å²) < 4.78 is 41.1. The highest BCUT2D eigenvalue weighted by atomic mass is 19.2. The lowest BCUT2D eigenvalue weighted by Crippen LogP contribution is -2.21. The molecule has 0 saturated heterocycles. The molecule has 2 N–H and O–H groups in total. The molecule has 128 valence electrons. The lowest BCUT2D eigenvalue weighted by molar-refractivity contribution is 0.262. The average molecular weight is 348 g/mol. The number of urea groups is 1. The van der Waals surface area contributed by atoms with Gasteiger partial charge >= 0.3 is 6.03 Å². The second kappa shape index (κ2) is 6.59. The van der Waals surface area contributed by atoms with Crippen molar-refractivity contribution in [2.45, 2.75) is 6.92 Å². The minimum atomic E-state index is -1.67. The lowest BCUT2D eigenvalue weighted by atomic mass is 10.3. The second-order valence-electron chi connectivity index (χ2n) is 4.92. The molecular weight excluding hydrogens is 337 g/mol. The van der Waals surface area contributed by atoms with Crippen LogP contribution in [0.15, 0.2) is 36.9 Å². The summed E-state index contributed by atoms with van der Waals surface area (Å²) in [5, 5.41) is 4.43. The molecule has 0 radical (unpaired) electrons. The van der Waals surface area contributed by atoms with Gasteiger partial charge < -0.3 is 10.6 Å². The summed E-state index contributed by atoms with van der Waals surface area (Å²) in [5.41, 5.74) is -0.273. The quantitative estimate of drug-likeness (QED) is 0.713. The third kappa shape index (κ3) is 3.42. The molecule has 2 amide bonds. The maximum absolute atomic E-state index is 13.5. The molecule has 0 bridgehead atoms. The van der Waals surface area contributed by atoms with Crippen LogP contribution >= 0.6 is 0 Å². The van der Waals surface area contributed by atoms with Crippen molar-refractivity contribution in [3.05, 3.63) is 60.2 Å². The molecule has 0 aliphatic carbocycles. The number of amides is 2. The van der Waals surface area contributed by atoms with Crippen LogP contribution in [0.25, 0.3) is 5.95 Å². The van der Waals surface area contributed by atoms with Crippen molar-refractivity contribution >= 4 is 17.4 Å².